The molecule has 0 radical (unpaired) electrons. The minimum Gasteiger partial charge on any atom is -0.392 e. The molecule has 8 heteroatoms. The lowest BCUT2D eigenvalue weighted by atomic mass is 10.1. The molecule has 2 aromatic rings. The Bertz CT molecular complexity index is 658. The van der Waals surface area contributed by atoms with Gasteiger partial charge in [-0.05, 0) is 13.8 Å². The number of ether oxygens (including phenoxy) is 1. The topological polar surface area (TPSA) is 79.0 Å². The highest BCUT2D eigenvalue weighted by Gasteiger charge is 2.26. The normalized spacial score (nSPS) is 21.0. The van der Waals surface area contributed by atoms with Gasteiger partial charge in [0.2, 0.25) is 0 Å². The van der Waals surface area contributed by atoms with Crippen molar-refractivity contribution in [3.8, 4) is 0 Å². The van der Waals surface area contributed by atoms with Crippen molar-refractivity contribution in [3.63, 3.8) is 0 Å². The van der Waals surface area contributed by atoms with Crippen LogP contribution in [0.15, 0.2) is 12.4 Å². The van der Waals surface area contributed by atoms with Crippen molar-refractivity contribution in [1.82, 2.24) is 24.5 Å². The molecule has 0 aromatic carbocycles. The standard InChI is InChI=1S/C15H24N6O2/c1-11-7-19(8-12(2)22)4-5-20(11)14-6-13(9-23-3)18-15-16-10-17-21(14)15/h6,10-12,22H,4-5,7-9H2,1-3H3. The number of piperazine rings is 1. The van der Waals surface area contributed by atoms with Crippen LogP contribution in [-0.2, 0) is 11.3 Å². The molecule has 1 fully saturated rings. The Hall–Kier alpha value is -1.77. The maximum atomic E-state index is 9.58. The number of aromatic nitrogens is 4. The number of hydrogen-bond acceptors (Lipinski definition) is 7. The molecule has 3 rings (SSSR count). The van der Waals surface area contributed by atoms with E-state index in [-0.39, 0.29) is 6.10 Å². The second kappa shape index (κ2) is 6.77. The predicted molar refractivity (Wildman–Crippen MR) is 86.4 cm³/mol. The number of hydrogen-bond donors (Lipinski definition) is 1. The SMILES string of the molecule is COCc1cc(N2CCN(CC(C)O)CC2C)n2ncnc2n1. The Kier molecular flexibility index (Phi) is 4.74. The molecule has 23 heavy (non-hydrogen) atoms. The molecule has 0 saturated carbocycles. The number of rotatable bonds is 5. The number of methoxy groups -OCH3 is 1. The molecule has 1 N–H and O–H groups in total. The van der Waals surface area contributed by atoms with Gasteiger partial charge in [-0.15, -0.1) is 0 Å². The van der Waals surface area contributed by atoms with Crippen molar-refractivity contribution < 1.29 is 9.84 Å². The zero-order chi connectivity index (χ0) is 16.4. The fraction of sp³-hybridized carbons (Fsp3) is 0.667. The maximum absolute atomic E-state index is 9.58. The minimum absolute atomic E-state index is 0.301. The van der Waals surface area contributed by atoms with Gasteiger partial charge < -0.3 is 14.7 Å². The fourth-order valence-electron chi connectivity index (χ4n) is 3.18. The first-order valence-corrected chi connectivity index (χ1v) is 7.94. The Labute approximate surface area is 135 Å². The summed E-state index contributed by atoms with van der Waals surface area (Å²) >= 11 is 0. The first-order valence-electron chi connectivity index (χ1n) is 7.94. The number of β-amino-alcohol motifs (C(OH)–C–C–N with tert-alkyl or cyclic N) is 1. The quantitative estimate of drug-likeness (QED) is 0.841. The predicted octanol–water partition coefficient (Wildman–Crippen LogP) is 0.162. The van der Waals surface area contributed by atoms with Gasteiger partial charge in [-0.1, -0.05) is 0 Å². The van der Waals surface area contributed by atoms with Crippen LogP contribution in [0.2, 0.25) is 0 Å². The zero-order valence-electron chi connectivity index (χ0n) is 13.9. The van der Waals surface area contributed by atoms with Crippen molar-refractivity contribution in [1.29, 1.82) is 0 Å². The molecule has 1 aliphatic rings. The molecule has 0 aliphatic carbocycles. The van der Waals surface area contributed by atoms with E-state index >= 15 is 0 Å². The lowest BCUT2D eigenvalue weighted by Gasteiger charge is -2.41. The van der Waals surface area contributed by atoms with E-state index in [4.69, 9.17) is 4.74 Å². The summed E-state index contributed by atoms with van der Waals surface area (Å²) in [5.74, 6) is 1.58. The second-order valence-electron chi connectivity index (χ2n) is 6.16. The van der Waals surface area contributed by atoms with Gasteiger partial charge in [0, 0.05) is 45.4 Å². The first kappa shape index (κ1) is 16.1. The van der Waals surface area contributed by atoms with Crippen LogP contribution in [0, 0.1) is 0 Å². The third-order valence-electron chi connectivity index (χ3n) is 4.11. The van der Waals surface area contributed by atoms with Gasteiger partial charge in [-0.3, -0.25) is 4.90 Å². The lowest BCUT2D eigenvalue weighted by Crippen LogP contribution is -2.53. The minimum atomic E-state index is -0.301. The molecule has 0 bridgehead atoms. The lowest BCUT2D eigenvalue weighted by molar-refractivity contribution is 0.114. The van der Waals surface area contributed by atoms with Crippen LogP contribution in [0.4, 0.5) is 5.82 Å². The Balaban J connectivity index is 1.86. The molecule has 0 spiro atoms. The van der Waals surface area contributed by atoms with E-state index in [1.165, 1.54) is 6.33 Å². The smallest absolute Gasteiger partial charge is 0.254 e. The van der Waals surface area contributed by atoms with Gasteiger partial charge in [0.25, 0.3) is 5.78 Å². The van der Waals surface area contributed by atoms with Crippen LogP contribution in [0.5, 0.6) is 0 Å². The highest BCUT2D eigenvalue weighted by Crippen LogP contribution is 2.22. The van der Waals surface area contributed by atoms with Crippen LogP contribution < -0.4 is 4.90 Å². The van der Waals surface area contributed by atoms with E-state index in [0.717, 1.165) is 31.1 Å². The largest absolute Gasteiger partial charge is 0.392 e. The summed E-state index contributed by atoms with van der Waals surface area (Å²) < 4.78 is 6.99. The molecular formula is C15H24N6O2. The summed E-state index contributed by atoms with van der Waals surface area (Å²) in [6.45, 7) is 7.87. The fourth-order valence-corrected chi connectivity index (χ4v) is 3.18. The highest BCUT2D eigenvalue weighted by molar-refractivity contribution is 5.48. The molecule has 2 aromatic heterocycles. The van der Waals surface area contributed by atoms with Gasteiger partial charge >= 0.3 is 0 Å². The highest BCUT2D eigenvalue weighted by atomic mass is 16.5. The summed E-state index contributed by atoms with van der Waals surface area (Å²) in [4.78, 5) is 13.3. The third kappa shape index (κ3) is 3.44. The Morgan fingerprint density at radius 3 is 2.96 bits per heavy atom. The number of nitrogens with zero attached hydrogens (tertiary/aromatic N) is 6. The number of anilines is 1. The van der Waals surface area contributed by atoms with E-state index in [1.54, 1.807) is 11.6 Å². The van der Waals surface area contributed by atoms with Gasteiger partial charge in [0.15, 0.2) is 0 Å². The third-order valence-corrected chi connectivity index (χ3v) is 4.11. The van der Waals surface area contributed by atoms with Crippen molar-refractivity contribution in [3.05, 3.63) is 18.1 Å². The number of aliphatic hydroxyl groups excluding tert-OH is 1. The van der Waals surface area contributed by atoms with E-state index in [2.05, 4.69) is 31.8 Å². The Morgan fingerprint density at radius 2 is 2.26 bits per heavy atom. The monoisotopic (exact) mass is 320 g/mol. The van der Waals surface area contributed by atoms with Crippen molar-refractivity contribution in [2.45, 2.75) is 32.6 Å². The van der Waals surface area contributed by atoms with Crippen LogP contribution in [-0.4, -0.2) is 75.0 Å². The summed E-state index contributed by atoms with van der Waals surface area (Å²) in [5.41, 5.74) is 0.849. The molecule has 2 unspecified atom stereocenters. The molecular weight excluding hydrogens is 296 g/mol. The zero-order valence-corrected chi connectivity index (χ0v) is 13.9. The van der Waals surface area contributed by atoms with Gasteiger partial charge in [-0.25, -0.2) is 4.98 Å². The molecule has 2 atom stereocenters. The average molecular weight is 320 g/mol. The van der Waals surface area contributed by atoms with Crippen LogP contribution >= 0.6 is 0 Å². The van der Waals surface area contributed by atoms with E-state index in [9.17, 15) is 5.11 Å². The van der Waals surface area contributed by atoms with Gasteiger partial charge in [-0.2, -0.15) is 14.6 Å². The van der Waals surface area contributed by atoms with Crippen LogP contribution in [0.1, 0.15) is 19.5 Å². The average Bonchev–Trinajstić information content (AvgIpc) is 2.95. The molecule has 0 amide bonds. The second-order valence-corrected chi connectivity index (χ2v) is 6.16. The van der Waals surface area contributed by atoms with Crippen LogP contribution in [0.3, 0.4) is 0 Å². The van der Waals surface area contributed by atoms with Crippen molar-refractivity contribution in [2.24, 2.45) is 0 Å². The molecule has 3 heterocycles. The summed E-state index contributed by atoms with van der Waals surface area (Å²) in [7, 11) is 1.66. The van der Waals surface area contributed by atoms with E-state index < -0.39 is 0 Å². The van der Waals surface area contributed by atoms with Gasteiger partial charge in [0.1, 0.15) is 12.1 Å². The summed E-state index contributed by atoms with van der Waals surface area (Å²) in [6, 6.07) is 2.33. The molecule has 1 saturated heterocycles. The molecule has 126 valence electrons. The summed E-state index contributed by atoms with van der Waals surface area (Å²) in [6.07, 6.45) is 1.22. The summed E-state index contributed by atoms with van der Waals surface area (Å²) in [5, 5.41) is 13.9. The molecule has 1 aliphatic heterocycles. The van der Waals surface area contributed by atoms with Gasteiger partial charge in [0.05, 0.1) is 18.4 Å². The van der Waals surface area contributed by atoms with Crippen molar-refractivity contribution in [2.75, 3.05) is 38.2 Å². The number of fused-ring (bicyclic) bond motifs is 1. The maximum Gasteiger partial charge on any atom is 0.254 e. The first-order chi connectivity index (χ1) is 11.1. The van der Waals surface area contributed by atoms with Crippen molar-refractivity contribution >= 4 is 11.6 Å². The van der Waals surface area contributed by atoms with Crippen LogP contribution in [0.25, 0.3) is 5.78 Å². The van der Waals surface area contributed by atoms with E-state index in [0.29, 0.717) is 25.0 Å². The Morgan fingerprint density at radius 1 is 1.43 bits per heavy atom. The number of aliphatic hydroxyl groups is 1. The molecule has 8 nitrogen and oxygen atoms in total. The van der Waals surface area contributed by atoms with E-state index in [1.807, 2.05) is 13.0 Å².